The summed E-state index contributed by atoms with van der Waals surface area (Å²) in [4.78, 5) is 0. The van der Waals surface area contributed by atoms with E-state index in [-0.39, 0.29) is 61.8 Å². The summed E-state index contributed by atoms with van der Waals surface area (Å²) < 4.78 is 0. The van der Waals surface area contributed by atoms with Crippen LogP contribution in [0.3, 0.4) is 0 Å². The molecule has 0 amide bonds. The fourth-order valence-corrected chi connectivity index (χ4v) is 17.6. The van der Waals surface area contributed by atoms with Crippen molar-refractivity contribution in [1.82, 2.24) is 0 Å². The maximum atomic E-state index is 2.86. The number of halogens is 2. The van der Waals surface area contributed by atoms with E-state index in [1.54, 1.807) is 44.5 Å². The summed E-state index contributed by atoms with van der Waals surface area (Å²) in [6, 6.07) is 16.7. The Morgan fingerprint density at radius 2 is 1.11 bits per heavy atom. The summed E-state index contributed by atoms with van der Waals surface area (Å²) in [5, 5.41) is 0. The van der Waals surface area contributed by atoms with Crippen LogP contribution in [0.1, 0.15) is 172 Å². The summed E-state index contributed by atoms with van der Waals surface area (Å²) in [6.45, 7) is 12.7. The Bertz CT molecular complexity index is 1860. The molecule has 8 saturated carbocycles. The Labute approximate surface area is 377 Å². The van der Waals surface area contributed by atoms with E-state index in [4.69, 9.17) is 0 Å². The molecule has 0 radical (unpaired) electrons. The molecule has 12 aliphatic rings. The first kappa shape index (κ1) is 41.5. The fraction of sp³-hybridized carbons (Fsp3) is 0.667. The van der Waals surface area contributed by atoms with E-state index in [1.807, 2.05) is 5.57 Å². The van der Waals surface area contributed by atoms with Crippen molar-refractivity contribution in [3.05, 3.63) is 93.6 Å². The molecule has 12 aliphatic carbocycles. The van der Waals surface area contributed by atoms with Crippen LogP contribution in [0, 0.1) is 64.1 Å². The number of allylic oxidation sites excluding steroid dienone is 6. The van der Waals surface area contributed by atoms with Gasteiger partial charge in [0.25, 0.3) is 0 Å². The van der Waals surface area contributed by atoms with Gasteiger partial charge in [-0.15, -0.1) is 0 Å². The molecule has 3 heteroatoms. The van der Waals surface area contributed by atoms with E-state index < -0.39 is 0 Å². The molecule has 0 spiro atoms. The average molecular weight is 879 g/mol. The van der Waals surface area contributed by atoms with Crippen LogP contribution in [0.2, 0.25) is 0 Å². The van der Waals surface area contributed by atoms with E-state index in [0.717, 1.165) is 41.4 Å². The van der Waals surface area contributed by atoms with Crippen molar-refractivity contribution in [2.75, 3.05) is 0 Å². The molecule has 2 aromatic rings. The molecule has 0 heterocycles. The first-order valence-corrected chi connectivity index (χ1v) is 23.4. The van der Waals surface area contributed by atoms with Crippen LogP contribution in [0.25, 0.3) is 11.1 Å². The molecule has 2 aromatic carbocycles. The van der Waals surface area contributed by atoms with Gasteiger partial charge in [-0.05, 0) is 218 Å². The van der Waals surface area contributed by atoms with Crippen LogP contribution in [-0.4, -0.2) is 0 Å². The SMILES string of the molecule is CC(C)C1(C2c3ccc(C45CC6CC(CC(C6)C4)C5)cc3-c3cc(C45CC6CC(CC(C6)C4)C5)ccc32)CC(C2CC=CCC2)C2=C1C=C(C(C)(C)C)C2.[Cl-].[Cl-].[Zr+2]. The number of benzene rings is 2. The third-order valence-electron chi connectivity index (χ3n) is 19.3. The van der Waals surface area contributed by atoms with Gasteiger partial charge in [0, 0.05) is 11.3 Å². The summed E-state index contributed by atoms with van der Waals surface area (Å²) in [5.74, 6) is 8.45. The van der Waals surface area contributed by atoms with Gasteiger partial charge in [-0.1, -0.05) is 100 Å². The first-order valence-electron chi connectivity index (χ1n) is 23.4. The van der Waals surface area contributed by atoms with Crippen LogP contribution in [0.15, 0.2) is 71.3 Å². The molecule has 0 aliphatic heterocycles. The molecule has 3 atom stereocenters. The number of hydrogen-bond acceptors (Lipinski definition) is 0. The van der Waals surface area contributed by atoms with Gasteiger partial charge < -0.3 is 24.8 Å². The maximum Gasteiger partial charge on any atom is 2.00 e. The van der Waals surface area contributed by atoms with Gasteiger partial charge in [0.05, 0.1) is 0 Å². The zero-order valence-electron chi connectivity index (χ0n) is 35.7. The van der Waals surface area contributed by atoms with Crippen LogP contribution >= 0.6 is 0 Å². The topological polar surface area (TPSA) is 0 Å². The minimum atomic E-state index is 0. The summed E-state index contributed by atoms with van der Waals surface area (Å²) in [6.07, 6.45) is 32.2. The second kappa shape index (κ2) is 14.3. The van der Waals surface area contributed by atoms with Gasteiger partial charge >= 0.3 is 26.2 Å². The van der Waals surface area contributed by atoms with Crippen molar-refractivity contribution in [3.63, 3.8) is 0 Å². The molecule has 8 bridgehead atoms. The number of fused-ring (bicyclic) bond motifs is 3. The molecule has 3 unspecified atom stereocenters. The summed E-state index contributed by atoms with van der Waals surface area (Å²) in [7, 11) is 0. The van der Waals surface area contributed by atoms with E-state index in [9.17, 15) is 0 Å². The van der Waals surface area contributed by atoms with Crippen molar-refractivity contribution >= 4 is 0 Å². The van der Waals surface area contributed by atoms with Crippen molar-refractivity contribution < 1.29 is 51.0 Å². The predicted molar refractivity (Wildman–Crippen MR) is 224 cm³/mol. The molecular formula is C54H68Cl2Zr. The van der Waals surface area contributed by atoms with Crippen LogP contribution in [0.4, 0.5) is 0 Å². The van der Waals surface area contributed by atoms with Crippen molar-refractivity contribution in [1.29, 1.82) is 0 Å². The third-order valence-corrected chi connectivity index (χ3v) is 19.3. The Balaban J connectivity index is 0.00000141. The first-order chi connectivity index (χ1) is 26.0. The molecule has 14 rings (SSSR count). The summed E-state index contributed by atoms with van der Waals surface area (Å²) >= 11 is 0. The van der Waals surface area contributed by atoms with E-state index in [2.05, 4.69) is 89.2 Å². The Morgan fingerprint density at radius 3 is 1.51 bits per heavy atom. The largest absolute Gasteiger partial charge is 2.00 e. The van der Waals surface area contributed by atoms with Crippen molar-refractivity contribution in [3.8, 4) is 11.1 Å². The van der Waals surface area contributed by atoms with Gasteiger partial charge in [-0.25, -0.2) is 0 Å². The molecule has 302 valence electrons. The molecule has 57 heavy (non-hydrogen) atoms. The zero-order chi connectivity index (χ0) is 36.4. The number of hydrogen-bond donors (Lipinski definition) is 0. The molecule has 0 nitrogen and oxygen atoms in total. The molecule has 0 aromatic heterocycles. The van der Waals surface area contributed by atoms with E-state index >= 15 is 0 Å². The van der Waals surface area contributed by atoms with Gasteiger partial charge in [0.15, 0.2) is 0 Å². The normalized spacial score (nSPS) is 41.4. The minimum Gasteiger partial charge on any atom is -1.00 e. The quantitative estimate of drug-likeness (QED) is 0.265. The van der Waals surface area contributed by atoms with Crippen molar-refractivity contribution in [2.45, 2.75) is 161 Å². The van der Waals surface area contributed by atoms with E-state index in [0.29, 0.717) is 28.6 Å². The monoisotopic (exact) mass is 876 g/mol. The molecule has 8 fully saturated rings. The van der Waals surface area contributed by atoms with Crippen LogP contribution in [-0.2, 0) is 37.0 Å². The Kier molecular flexibility index (Phi) is 10.4. The second-order valence-electron chi connectivity index (χ2n) is 23.5. The Morgan fingerprint density at radius 1 is 0.632 bits per heavy atom. The summed E-state index contributed by atoms with van der Waals surface area (Å²) in [5.41, 5.74) is 16.8. The fourth-order valence-electron chi connectivity index (χ4n) is 17.6. The van der Waals surface area contributed by atoms with Crippen LogP contribution in [0.5, 0.6) is 0 Å². The van der Waals surface area contributed by atoms with Gasteiger partial charge in [-0.2, -0.15) is 0 Å². The minimum absolute atomic E-state index is 0. The maximum absolute atomic E-state index is 2.86. The smallest absolute Gasteiger partial charge is 1.00 e. The second-order valence-corrected chi connectivity index (χ2v) is 23.5. The Hall–Kier alpha value is -0.877. The van der Waals surface area contributed by atoms with Crippen molar-refractivity contribution in [2.24, 2.45) is 64.1 Å². The third kappa shape index (κ3) is 6.07. The molecule has 0 N–H and O–H groups in total. The molecule has 0 saturated heterocycles. The van der Waals surface area contributed by atoms with Gasteiger partial charge in [-0.3, -0.25) is 0 Å². The van der Waals surface area contributed by atoms with Crippen LogP contribution < -0.4 is 24.8 Å². The predicted octanol–water partition coefficient (Wildman–Crippen LogP) is 8.43. The average Bonchev–Trinajstić information content (AvgIpc) is 3.81. The standard InChI is InChI=1S/C54H68.2ClH.Zr/c1-32(2)54(31-48(39-9-7-6-8-10-39)47-23-42(24-49(47)54)51(3,4)5)50-43-13-11-40(52-25-33-15-34(26-52)17-35(16-33)27-52)21-45(43)46-22-41(12-14-44(46)50)53-28-36-18-37(29-53)20-38(19-36)30-53;;;/h6-7,11-14,21-22,24,32-39,48,50H,8-10,15-20,23,25-31H2,1-5H3;2*1H;/q;;;+2/p-2. The zero-order valence-corrected chi connectivity index (χ0v) is 39.7. The van der Waals surface area contributed by atoms with Gasteiger partial charge in [0.1, 0.15) is 0 Å². The molecular weight excluding hydrogens is 811 g/mol. The van der Waals surface area contributed by atoms with Gasteiger partial charge in [0.2, 0.25) is 0 Å². The van der Waals surface area contributed by atoms with E-state index in [1.165, 1.54) is 109 Å². The number of rotatable bonds is 5.